The van der Waals surface area contributed by atoms with Crippen molar-refractivity contribution in [3.63, 3.8) is 0 Å². The summed E-state index contributed by atoms with van der Waals surface area (Å²) in [6.07, 6.45) is 0.731. The third-order valence-corrected chi connectivity index (χ3v) is 3.97. The summed E-state index contributed by atoms with van der Waals surface area (Å²) in [5.41, 5.74) is 1.08. The summed E-state index contributed by atoms with van der Waals surface area (Å²) in [5.74, 6) is 1.02. The van der Waals surface area contributed by atoms with Crippen LogP contribution < -0.4 is 5.32 Å². The topological polar surface area (TPSA) is 49.4 Å². The van der Waals surface area contributed by atoms with E-state index in [-0.39, 0.29) is 18.4 Å². The Kier molecular flexibility index (Phi) is 5.10. The van der Waals surface area contributed by atoms with E-state index in [4.69, 9.17) is 11.6 Å². The molecule has 0 aromatic heterocycles. The summed E-state index contributed by atoms with van der Waals surface area (Å²) in [6.45, 7) is 0.704. The molecule has 2 amide bonds. The molecule has 0 spiro atoms. The number of amides is 2. The number of nitrogens with one attached hydrogen (secondary N) is 1. The zero-order valence-corrected chi connectivity index (χ0v) is 12.0. The number of thioether (sulfide) groups is 1. The summed E-state index contributed by atoms with van der Waals surface area (Å²) >= 11 is 7.42. The molecule has 0 bridgehead atoms. The molecule has 1 fully saturated rings. The van der Waals surface area contributed by atoms with Crippen LogP contribution in [-0.2, 0) is 16.0 Å². The first-order chi connectivity index (χ1) is 9.15. The van der Waals surface area contributed by atoms with Gasteiger partial charge in [0.05, 0.1) is 11.6 Å². The molecule has 0 aliphatic carbocycles. The van der Waals surface area contributed by atoms with E-state index in [0.29, 0.717) is 23.2 Å². The molecule has 1 N–H and O–H groups in total. The Morgan fingerprint density at radius 1 is 1.47 bits per heavy atom. The van der Waals surface area contributed by atoms with Gasteiger partial charge < -0.3 is 10.2 Å². The highest BCUT2D eigenvalue weighted by Gasteiger charge is 2.22. The molecule has 1 heterocycles. The molecule has 4 nitrogen and oxygen atoms in total. The van der Waals surface area contributed by atoms with E-state index in [1.807, 2.05) is 24.3 Å². The zero-order valence-electron chi connectivity index (χ0n) is 10.4. The number of nitrogens with zero attached hydrogens (tertiary/aromatic N) is 1. The minimum Gasteiger partial charge on any atom is -0.354 e. The predicted octanol–water partition coefficient (Wildman–Crippen LogP) is 1.53. The molecule has 1 aromatic carbocycles. The number of rotatable bonds is 5. The van der Waals surface area contributed by atoms with E-state index < -0.39 is 0 Å². The lowest BCUT2D eigenvalue weighted by Gasteiger charge is -2.14. The first kappa shape index (κ1) is 14.2. The molecule has 1 aliphatic heterocycles. The number of hydrogen-bond donors (Lipinski definition) is 1. The maximum absolute atomic E-state index is 11.7. The molecular weight excluding hydrogens is 284 g/mol. The van der Waals surface area contributed by atoms with Gasteiger partial charge >= 0.3 is 0 Å². The van der Waals surface area contributed by atoms with Gasteiger partial charge in [-0.3, -0.25) is 9.59 Å². The quantitative estimate of drug-likeness (QED) is 0.897. The van der Waals surface area contributed by atoms with Crippen molar-refractivity contribution in [3.05, 3.63) is 34.9 Å². The van der Waals surface area contributed by atoms with Crippen LogP contribution in [-0.4, -0.2) is 41.4 Å². The Bertz CT molecular complexity index is 481. The Balaban J connectivity index is 1.70. The molecule has 1 aromatic rings. The second-order valence-corrected chi connectivity index (χ2v) is 5.69. The van der Waals surface area contributed by atoms with Crippen molar-refractivity contribution in [1.82, 2.24) is 10.2 Å². The SMILES string of the molecule is O=C(CN1CSCC1=O)NCCc1cccc(Cl)c1. The molecule has 0 saturated carbocycles. The molecule has 6 heteroatoms. The maximum Gasteiger partial charge on any atom is 0.239 e. The average molecular weight is 299 g/mol. The van der Waals surface area contributed by atoms with Crippen LogP contribution in [0.15, 0.2) is 24.3 Å². The first-order valence-electron chi connectivity index (χ1n) is 6.02. The summed E-state index contributed by atoms with van der Waals surface area (Å²) in [5, 5.41) is 3.51. The Labute approximate surface area is 121 Å². The van der Waals surface area contributed by atoms with Crippen LogP contribution in [0.3, 0.4) is 0 Å². The lowest BCUT2D eigenvalue weighted by atomic mass is 10.1. The summed E-state index contributed by atoms with van der Waals surface area (Å²) in [7, 11) is 0. The van der Waals surface area contributed by atoms with Crippen LogP contribution in [0.5, 0.6) is 0 Å². The smallest absolute Gasteiger partial charge is 0.239 e. The highest BCUT2D eigenvalue weighted by atomic mass is 35.5. The van der Waals surface area contributed by atoms with Crippen molar-refractivity contribution in [2.24, 2.45) is 0 Å². The molecule has 19 heavy (non-hydrogen) atoms. The van der Waals surface area contributed by atoms with Gasteiger partial charge in [-0.25, -0.2) is 0 Å². The monoisotopic (exact) mass is 298 g/mol. The van der Waals surface area contributed by atoms with Gasteiger partial charge in [-0.2, -0.15) is 0 Å². The Morgan fingerprint density at radius 3 is 3.00 bits per heavy atom. The number of halogens is 1. The number of benzene rings is 1. The minimum absolute atomic E-state index is 0.0370. The van der Waals surface area contributed by atoms with Crippen molar-refractivity contribution in [1.29, 1.82) is 0 Å². The fourth-order valence-corrected chi connectivity index (χ4v) is 2.93. The highest BCUT2D eigenvalue weighted by Crippen LogP contribution is 2.14. The van der Waals surface area contributed by atoms with E-state index in [9.17, 15) is 9.59 Å². The van der Waals surface area contributed by atoms with Gasteiger partial charge in [-0.15, -0.1) is 11.8 Å². The van der Waals surface area contributed by atoms with Gasteiger partial charge in [0, 0.05) is 11.6 Å². The normalized spacial score (nSPS) is 14.8. The highest BCUT2D eigenvalue weighted by molar-refractivity contribution is 8.00. The zero-order chi connectivity index (χ0) is 13.7. The van der Waals surface area contributed by atoms with Gasteiger partial charge in [-0.1, -0.05) is 23.7 Å². The van der Waals surface area contributed by atoms with E-state index in [1.165, 1.54) is 11.8 Å². The first-order valence-corrected chi connectivity index (χ1v) is 7.55. The van der Waals surface area contributed by atoms with E-state index in [0.717, 1.165) is 12.0 Å². The van der Waals surface area contributed by atoms with Crippen molar-refractivity contribution in [2.45, 2.75) is 6.42 Å². The molecule has 0 unspecified atom stereocenters. The number of hydrogen-bond acceptors (Lipinski definition) is 3. The van der Waals surface area contributed by atoms with Crippen LogP contribution in [0.2, 0.25) is 5.02 Å². The Hall–Kier alpha value is -1.20. The molecule has 0 atom stereocenters. The number of carbonyl (C=O) groups is 2. The fraction of sp³-hybridized carbons (Fsp3) is 0.385. The van der Waals surface area contributed by atoms with Crippen LogP contribution >= 0.6 is 23.4 Å². The second kappa shape index (κ2) is 6.82. The lowest BCUT2D eigenvalue weighted by Crippen LogP contribution is -2.38. The van der Waals surface area contributed by atoms with Crippen LogP contribution in [0.4, 0.5) is 0 Å². The van der Waals surface area contributed by atoms with Crippen molar-refractivity contribution >= 4 is 35.2 Å². The lowest BCUT2D eigenvalue weighted by molar-refractivity contribution is -0.132. The van der Waals surface area contributed by atoms with Crippen LogP contribution in [0.1, 0.15) is 5.56 Å². The van der Waals surface area contributed by atoms with Gasteiger partial charge in [0.25, 0.3) is 0 Å². The molecular formula is C13H15ClN2O2S. The minimum atomic E-state index is -0.113. The second-order valence-electron chi connectivity index (χ2n) is 4.30. The van der Waals surface area contributed by atoms with Crippen molar-refractivity contribution in [2.75, 3.05) is 24.7 Å². The van der Waals surface area contributed by atoms with Gasteiger partial charge in [0.1, 0.15) is 6.54 Å². The summed E-state index contributed by atoms with van der Waals surface area (Å²) in [6, 6.07) is 7.56. The molecule has 0 radical (unpaired) electrons. The van der Waals surface area contributed by atoms with E-state index in [2.05, 4.69) is 5.32 Å². The third kappa shape index (κ3) is 4.44. The molecule has 2 rings (SSSR count). The van der Waals surface area contributed by atoms with E-state index in [1.54, 1.807) is 4.90 Å². The largest absolute Gasteiger partial charge is 0.354 e. The summed E-state index contributed by atoms with van der Waals surface area (Å²) in [4.78, 5) is 24.6. The summed E-state index contributed by atoms with van der Waals surface area (Å²) < 4.78 is 0. The molecule has 1 saturated heterocycles. The van der Waals surface area contributed by atoms with Crippen LogP contribution in [0.25, 0.3) is 0 Å². The average Bonchev–Trinajstić information content (AvgIpc) is 2.75. The van der Waals surface area contributed by atoms with Crippen molar-refractivity contribution in [3.8, 4) is 0 Å². The standard InChI is InChI=1S/C13H15ClN2O2S/c14-11-3-1-2-10(6-11)4-5-15-12(17)7-16-9-19-8-13(16)18/h1-3,6H,4-5,7-9H2,(H,15,17). The third-order valence-electron chi connectivity index (χ3n) is 2.78. The predicted molar refractivity (Wildman–Crippen MR) is 77.2 cm³/mol. The van der Waals surface area contributed by atoms with Gasteiger partial charge in [-0.05, 0) is 24.1 Å². The van der Waals surface area contributed by atoms with Crippen molar-refractivity contribution < 1.29 is 9.59 Å². The van der Waals surface area contributed by atoms with Gasteiger partial charge in [0.2, 0.25) is 11.8 Å². The van der Waals surface area contributed by atoms with E-state index >= 15 is 0 Å². The van der Waals surface area contributed by atoms with Crippen LogP contribution in [0, 0.1) is 0 Å². The number of carbonyl (C=O) groups excluding carboxylic acids is 2. The Morgan fingerprint density at radius 2 is 2.32 bits per heavy atom. The fourth-order valence-electron chi connectivity index (χ4n) is 1.81. The maximum atomic E-state index is 11.7. The molecule has 1 aliphatic rings. The van der Waals surface area contributed by atoms with Gasteiger partial charge in [0.15, 0.2) is 0 Å². The molecule has 102 valence electrons.